The molecule has 0 bridgehead atoms. The van der Waals surface area contributed by atoms with Crippen LogP contribution in [-0.2, 0) is 11.3 Å². The molecule has 1 aromatic rings. The maximum Gasteiger partial charge on any atom is 0.142 e. The summed E-state index contributed by atoms with van der Waals surface area (Å²) < 4.78 is 5.78. The highest BCUT2D eigenvalue weighted by Crippen LogP contribution is 2.15. The lowest BCUT2D eigenvalue weighted by Gasteiger charge is -2.31. The van der Waals surface area contributed by atoms with Gasteiger partial charge in [0.05, 0.1) is 12.6 Å². The highest BCUT2D eigenvalue weighted by molar-refractivity contribution is 4.89. The highest BCUT2D eigenvalue weighted by Gasteiger charge is 2.19. The lowest BCUT2D eigenvalue weighted by Crippen LogP contribution is -2.37. The molecule has 1 aliphatic rings. The van der Waals surface area contributed by atoms with Gasteiger partial charge in [-0.15, -0.1) is 0 Å². The Hall–Kier alpha value is -1.04. The van der Waals surface area contributed by atoms with Gasteiger partial charge < -0.3 is 10.5 Å². The molecule has 0 atom stereocenters. The standard InChI is InChI=1S/C13H22N4O/c14-5-1-10-18-12-3-8-17(9-4-12)11-13-15-6-2-7-16-13/h2,6-7,12H,1,3-5,8-11,14H2. The molecule has 5 nitrogen and oxygen atoms in total. The van der Waals surface area contributed by atoms with Gasteiger partial charge in [0.1, 0.15) is 5.82 Å². The van der Waals surface area contributed by atoms with E-state index in [4.69, 9.17) is 10.5 Å². The molecule has 5 heteroatoms. The van der Waals surface area contributed by atoms with Crippen LogP contribution in [0.4, 0.5) is 0 Å². The van der Waals surface area contributed by atoms with E-state index in [-0.39, 0.29) is 0 Å². The maximum atomic E-state index is 5.78. The van der Waals surface area contributed by atoms with Gasteiger partial charge in [-0.05, 0) is 31.9 Å². The van der Waals surface area contributed by atoms with Gasteiger partial charge in [-0.1, -0.05) is 0 Å². The monoisotopic (exact) mass is 250 g/mol. The Morgan fingerprint density at radius 3 is 2.67 bits per heavy atom. The molecule has 18 heavy (non-hydrogen) atoms. The quantitative estimate of drug-likeness (QED) is 0.757. The zero-order chi connectivity index (χ0) is 12.6. The molecule has 0 unspecified atom stereocenters. The molecule has 2 rings (SSSR count). The van der Waals surface area contributed by atoms with Crippen LogP contribution in [0.1, 0.15) is 25.1 Å². The maximum absolute atomic E-state index is 5.78. The highest BCUT2D eigenvalue weighted by atomic mass is 16.5. The number of likely N-dealkylation sites (tertiary alicyclic amines) is 1. The zero-order valence-corrected chi connectivity index (χ0v) is 10.8. The summed E-state index contributed by atoms with van der Waals surface area (Å²) in [6, 6.07) is 1.85. The minimum Gasteiger partial charge on any atom is -0.378 e. The summed E-state index contributed by atoms with van der Waals surface area (Å²) in [6.07, 6.45) is 7.15. The van der Waals surface area contributed by atoms with Gasteiger partial charge >= 0.3 is 0 Å². The number of nitrogens with two attached hydrogens (primary N) is 1. The fourth-order valence-electron chi connectivity index (χ4n) is 2.18. The lowest BCUT2D eigenvalue weighted by atomic mass is 10.1. The second-order valence-corrected chi connectivity index (χ2v) is 4.65. The molecule has 100 valence electrons. The van der Waals surface area contributed by atoms with Crippen molar-refractivity contribution in [3.05, 3.63) is 24.3 Å². The molecule has 1 saturated heterocycles. The van der Waals surface area contributed by atoms with Gasteiger partial charge in [0.15, 0.2) is 0 Å². The molecular formula is C13H22N4O. The van der Waals surface area contributed by atoms with Crippen LogP contribution < -0.4 is 5.73 Å². The number of aromatic nitrogens is 2. The molecule has 1 aliphatic heterocycles. The molecule has 0 aliphatic carbocycles. The molecular weight excluding hydrogens is 228 g/mol. The van der Waals surface area contributed by atoms with Crippen LogP contribution in [0.25, 0.3) is 0 Å². The number of nitrogens with zero attached hydrogens (tertiary/aromatic N) is 3. The normalized spacial score (nSPS) is 18.1. The van der Waals surface area contributed by atoms with Gasteiger partial charge in [0.25, 0.3) is 0 Å². The molecule has 0 saturated carbocycles. The Labute approximate surface area is 108 Å². The predicted octanol–water partition coefficient (Wildman–Crippen LogP) is 0.806. The Morgan fingerprint density at radius 1 is 1.28 bits per heavy atom. The summed E-state index contributed by atoms with van der Waals surface area (Å²) in [5.41, 5.74) is 5.45. The second kappa shape index (κ2) is 7.41. The van der Waals surface area contributed by atoms with Gasteiger partial charge in [-0.3, -0.25) is 4.90 Å². The molecule has 0 aromatic carbocycles. The Balaban J connectivity index is 1.67. The van der Waals surface area contributed by atoms with Crippen molar-refractivity contribution < 1.29 is 4.74 Å². The number of hydrogen-bond donors (Lipinski definition) is 1. The minimum absolute atomic E-state index is 0.407. The van der Waals surface area contributed by atoms with Crippen molar-refractivity contribution in [2.45, 2.75) is 31.9 Å². The van der Waals surface area contributed by atoms with E-state index >= 15 is 0 Å². The van der Waals surface area contributed by atoms with Crippen molar-refractivity contribution in [2.75, 3.05) is 26.2 Å². The number of rotatable bonds is 6. The zero-order valence-electron chi connectivity index (χ0n) is 10.8. The van der Waals surface area contributed by atoms with Crippen molar-refractivity contribution >= 4 is 0 Å². The summed E-state index contributed by atoms with van der Waals surface area (Å²) in [5, 5.41) is 0. The van der Waals surface area contributed by atoms with Gasteiger partial charge in [-0.2, -0.15) is 0 Å². The third-order valence-corrected chi connectivity index (χ3v) is 3.22. The van der Waals surface area contributed by atoms with Crippen LogP contribution in [0.5, 0.6) is 0 Å². The van der Waals surface area contributed by atoms with Crippen molar-refractivity contribution in [1.29, 1.82) is 0 Å². The Morgan fingerprint density at radius 2 is 2.00 bits per heavy atom. The van der Waals surface area contributed by atoms with Gasteiger partial charge in [-0.25, -0.2) is 9.97 Å². The van der Waals surface area contributed by atoms with Crippen LogP contribution in [-0.4, -0.2) is 47.2 Å². The van der Waals surface area contributed by atoms with E-state index in [1.165, 1.54) is 0 Å². The van der Waals surface area contributed by atoms with E-state index in [2.05, 4.69) is 14.9 Å². The van der Waals surface area contributed by atoms with Crippen LogP contribution in [0, 0.1) is 0 Å². The SMILES string of the molecule is NCCCOC1CCN(Cc2ncccn2)CC1. The summed E-state index contributed by atoms with van der Waals surface area (Å²) in [7, 11) is 0. The van der Waals surface area contributed by atoms with Crippen molar-refractivity contribution in [3.63, 3.8) is 0 Å². The molecule has 1 aromatic heterocycles. The van der Waals surface area contributed by atoms with Crippen LogP contribution in [0.3, 0.4) is 0 Å². The van der Waals surface area contributed by atoms with E-state index in [0.717, 1.165) is 51.3 Å². The van der Waals surface area contributed by atoms with Crippen LogP contribution in [0.15, 0.2) is 18.5 Å². The first kappa shape index (κ1) is 13.4. The van der Waals surface area contributed by atoms with Crippen LogP contribution in [0.2, 0.25) is 0 Å². The average molecular weight is 250 g/mol. The topological polar surface area (TPSA) is 64.3 Å². The predicted molar refractivity (Wildman–Crippen MR) is 70.0 cm³/mol. The summed E-state index contributed by atoms with van der Waals surface area (Å²) in [4.78, 5) is 10.9. The van der Waals surface area contributed by atoms with E-state index in [1.54, 1.807) is 12.4 Å². The Kier molecular flexibility index (Phi) is 5.51. The molecule has 1 fully saturated rings. The van der Waals surface area contributed by atoms with Crippen LogP contribution >= 0.6 is 0 Å². The molecule has 0 amide bonds. The number of hydrogen-bond acceptors (Lipinski definition) is 5. The Bertz CT molecular complexity index is 325. The fraction of sp³-hybridized carbons (Fsp3) is 0.692. The largest absolute Gasteiger partial charge is 0.378 e. The third-order valence-electron chi connectivity index (χ3n) is 3.22. The van der Waals surface area contributed by atoms with E-state index < -0.39 is 0 Å². The summed E-state index contributed by atoms with van der Waals surface area (Å²) in [5.74, 6) is 0.903. The summed E-state index contributed by atoms with van der Waals surface area (Å²) in [6.45, 7) is 4.47. The molecule has 2 N–H and O–H groups in total. The molecule has 0 radical (unpaired) electrons. The van der Waals surface area contributed by atoms with E-state index in [9.17, 15) is 0 Å². The lowest BCUT2D eigenvalue weighted by molar-refractivity contribution is 0.00515. The number of ether oxygens (including phenoxy) is 1. The fourth-order valence-corrected chi connectivity index (χ4v) is 2.18. The van der Waals surface area contributed by atoms with Crippen molar-refractivity contribution in [2.24, 2.45) is 5.73 Å². The van der Waals surface area contributed by atoms with Crippen molar-refractivity contribution in [3.8, 4) is 0 Å². The smallest absolute Gasteiger partial charge is 0.142 e. The first-order valence-corrected chi connectivity index (χ1v) is 6.68. The second-order valence-electron chi connectivity index (χ2n) is 4.65. The summed E-state index contributed by atoms with van der Waals surface area (Å²) >= 11 is 0. The van der Waals surface area contributed by atoms with E-state index in [0.29, 0.717) is 12.6 Å². The first-order chi connectivity index (χ1) is 8.88. The molecule has 2 heterocycles. The molecule has 0 spiro atoms. The van der Waals surface area contributed by atoms with E-state index in [1.807, 2.05) is 6.07 Å². The average Bonchev–Trinajstić information content (AvgIpc) is 2.42. The minimum atomic E-state index is 0.407. The third kappa shape index (κ3) is 4.33. The van der Waals surface area contributed by atoms with Crippen molar-refractivity contribution in [1.82, 2.24) is 14.9 Å². The van der Waals surface area contributed by atoms with Gasteiger partial charge in [0, 0.05) is 32.1 Å². The number of piperidine rings is 1. The van der Waals surface area contributed by atoms with Gasteiger partial charge in [0.2, 0.25) is 0 Å². The first-order valence-electron chi connectivity index (χ1n) is 6.68.